The summed E-state index contributed by atoms with van der Waals surface area (Å²) >= 11 is 0. The molecule has 210 valence electrons. The Morgan fingerprint density at radius 2 is 1.23 bits per heavy atom. The first-order valence-electron chi connectivity index (χ1n) is 12.6. The maximum absolute atomic E-state index is 12.9. The average Bonchev–Trinajstić information content (AvgIpc) is 2.89. The van der Waals surface area contributed by atoms with Crippen LogP contribution in [0.2, 0.25) is 0 Å². The van der Waals surface area contributed by atoms with E-state index in [1.54, 1.807) is 54.6 Å². The first-order valence-corrected chi connectivity index (χ1v) is 12.6. The number of aliphatic hydroxyl groups is 1. The summed E-state index contributed by atoms with van der Waals surface area (Å²) in [6.45, 7) is 11.0. The van der Waals surface area contributed by atoms with Crippen LogP contribution >= 0.6 is 12.4 Å². The monoisotopic (exact) mass is 557 g/mol. The fourth-order valence-corrected chi connectivity index (χ4v) is 3.44. The van der Waals surface area contributed by atoms with E-state index in [0.717, 1.165) is 0 Å². The van der Waals surface area contributed by atoms with E-state index in [1.807, 2.05) is 34.6 Å². The van der Waals surface area contributed by atoms with Gasteiger partial charge in [-0.3, -0.25) is 0 Å². The highest BCUT2D eigenvalue weighted by atomic mass is 35.5. The zero-order chi connectivity index (χ0) is 27.7. The molecule has 0 aliphatic heterocycles. The summed E-state index contributed by atoms with van der Waals surface area (Å²) in [7, 11) is 0. The average molecular weight is 558 g/mol. The molecule has 0 aliphatic carbocycles. The lowest BCUT2D eigenvalue weighted by Crippen LogP contribution is -2.38. The third-order valence-corrected chi connectivity index (χ3v) is 5.39. The van der Waals surface area contributed by atoms with E-state index in [9.17, 15) is 14.7 Å². The van der Waals surface area contributed by atoms with Crippen LogP contribution in [0.25, 0.3) is 0 Å². The van der Waals surface area contributed by atoms with Gasteiger partial charge in [0.25, 0.3) is 0 Å². The molecule has 3 rings (SSSR count). The number of aliphatic hydroxyl groups excluding tert-OH is 1. The van der Waals surface area contributed by atoms with Gasteiger partial charge in [-0.1, -0.05) is 6.07 Å². The van der Waals surface area contributed by atoms with Crippen LogP contribution in [-0.2, 0) is 0 Å². The summed E-state index contributed by atoms with van der Waals surface area (Å²) in [6.07, 6.45) is -0.881. The van der Waals surface area contributed by atoms with E-state index in [4.69, 9.17) is 18.9 Å². The highest BCUT2D eigenvalue weighted by Gasteiger charge is 2.20. The van der Waals surface area contributed by atoms with Crippen molar-refractivity contribution < 1.29 is 33.6 Å². The molecule has 3 aromatic carbocycles. The molecule has 0 fully saturated rings. The molecule has 9 heteroatoms. The minimum atomic E-state index is -0.881. The molecule has 0 heterocycles. The van der Waals surface area contributed by atoms with Crippen molar-refractivity contribution in [2.75, 3.05) is 19.8 Å². The van der Waals surface area contributed by atoms with Crippen LogP contribution in [0.1, 0.15) is 67.0 Å². The normalized spacial score (nSPS) is 11.6. The van der Waals surface area contributed by atoms with Crippen LogP contribution in [0.4, 0.5) is 0 Å². The minimum Gasteiger partial charge on any atom is -0.494 e. The molecule has 0 saturated carbocycles. The number of hydrogen-bond donors (Lipinski definition) is 2. The lowest BCUT2D eigenvalue weighted by Gasteiger charge is -2.23. The van der Waals surface area contributed by atoms with Gasteiger partial charge in [0.05, 0.1) is 30.4 Å². The van der Waals surface area contributed by atoms with Crippen molar-refractivity contribution in [3.05, 3.63) is 83.4 Å². The number of benzene rings is 3. The molecule has 0 saturated heterocycles. The molecule has 0 spiro atoms. The fraction of sp³-hybridized carbons (Fsp3) is 0.333. The van der Waals surface area contributed by atoms with Crippen molar-refractivity contribution in [2.24, 2.45) is 0 Å². The summed E-state index contributed by atoms with van der Waals surface area (Å²) < 4.78 is 22.1. The Morgan fingerprint density at radius 3 is 1.67 bits per heavy atom. The van der Waals surface area contributed by atoms with Crippen LogP contribution in [0, 0.1) is 0 Å². The number of carbonyl (C=O) groups excluding carboxylic acids is 2. The second-order valence-corrected chi connectivity index (χ2v) is 9.55. The maximum atomic E-state index is 12.9. The fourth-order valence-electron chi connectivity index (χ4n) is 3.44. The Hall–Kier alpha value is -3.59. The summed E-state index contributed by atoms with van der Waals surface area (Å²) in [4.78, 5) is 25.8. The number of halogens is 1. The van der Waals surface area contributed by atoms with Crippen LogP contribution in [-0.4, -0.2) is 42.3 Å². The number of β-amino-alcohol motifs (C(OH)–C–C–N with tert-alkyl or cyclic N) is 1. The SMILES string of the molecule is CCOc1ccc(C(=O)Oc2ccc(C(O)CNC(C)(C)C)cc2OC(=O)c2ccc(OCC)cc2)cc1.Cl. The lowest BCUT2D eigenvalue weighted by molar-refractivity contribution is 0.0681. The zero-order valence-corrected chi connectivity index (χ0v) is 23.7. The van der Waals surface area contributed by atoms with E-state index < -0.39 is 18.0 Å². The molecule has 0 radical (unpaired) electrons. The maximum Gasteiger partial charge on any atom is 0.343 e. The van der Waals surface area contributed by atoms with Crippen LogP contribution in [0.3, 0.4) is 0 Å². The lowest BCUT2D eigenvalue weighted by atomic mass is 10.1. The minimum absolute atomic E-state index is 0. The molecule has 2 N–H and O–H groups in total. The Morgan fingerprint density at radius 1 is 0.769 bits per heavy atom. The largest absolute Gasteiger partial charge is 0.494 e. The standard InChI is InChI=1S/C30H35NO7.ClH/c1-6-35-23-13-8-20(9-14-23)28(33)37-26-17-12-22(25(32)19-31-30(3,4)5)18-27(26)38-29(34)21-10-15-24(16-11-21)36-7-2;/h8-18,25,31-32H,6-7,19H2,1-5H3;1H. The number of esters is 2. The zero-order valence-electron chi connectivity index (χ0n) is 22.9. The van der Waals surface area contributed by atoms with Gasteiger partial charge in [0, 0.05) is 12.1 Å². The molecular weight excluding hydrogens is 522 g/mol. The molecule has 0 aromatic heterocycles. The molecule has 0 aliphatic rings. The quantitative estimate of drug-likeness (QED) is 0.226. The van der Waals surface area contributed by atoms with Crippen molar-refractivity contribution in [3.8, 4) is 23.0 Å². The Labute approximate surface area is 235 Å². The van der Waals surface area contributed by atoms with Gasteiger partial charge >= 0.3 is 11.9 Å². The molecule has 0 amide bonds. The van der Waals surface area contributed by atoms with Crippen molar-refractivity contribution >= 4 is 24.3 Å². The highest BCUT2D eigenvalue weighted by molar-refractivity contribution is 5.93. The first kappa shape index (κ1) is 31.6. The van der Waals surface area contributed by atoms with Crippen LogP contribution < -0.4 is 24.3 Å². The van der Waals surface area contributed by atoms with Gasteiger partial charge in [0.15, 0.2) is 11.5 Å². The van der Waals surface area contributed by atoms with Crippen LogP contribution in [0.15, 0.2) is 66.7 Å². The molecule has 39 heavy (non-hydrogen) atoms. The Kier molecular flexibility index (Phi) is 11.8. The van der Waals surface area contributed by atoms with Crippen molar-refractivity contribution in [1.82, 2.24) is 5.32 Å². The molecule has 8 nitrogen and oxygen atoms in total. The first-order chi connectivity index (χ1) is 18.1. The van der Waals surface area contributed by atoms with Crippen molar-refractivity contribution in [1.29, 1.82) is 0 Å². The number of nitrogens with one attached hydrogen (secondary N) is 1. The van der Waals surface area contributed by atoms with E-state index in [1.165, 1.54) is 12.1 Å². The molecule has 1 atom stereocenters. The second-order valence-electron chi connectivity index (χ2n) is 9.55. The summed E-state index contributed by atoms with van der Waals surface area (Å²) in [5.41, 5.74) is 0.891. The van der Waals surface area contributed by atoms with Gasteiger partial charge in [-0.25, -0.2) is 9.59 Å². The molecule has 0 bridgehead atoms. The molecular formula is C30H36ClNO7. The number of carbonyl (C=O) groups is 2. The number of rotatable bonds is 11. The number of ether oxygens (including phenoxy) is 4. The second kappa shape index (κ2) is 14.5. The van der Waals surface area contributed by atoms with Gasteiger partial charge < -0.3 is 29.4 Å². The van der Waals surface area contributed by atoms with Crippen LogP contribution in [0.5, 0.6) is 23.0 Å². The Bertz CT molecular complexity index is 1220. The van der Waals surface area contributed by atoms with E-state index in [0.29, 0.717) is 35.8 Å². The van der Waals surface area contributed by atoms with E-state index >= 15 is 0 Å². The third kappa shape index (κ3) is 9.58. The summed E-state index contributed by atoms with van der Waals surface area (Å²) in [5.74, 6) is 0.0417. The van der Waals surface area contributed by atoms with Gasteiger partial charge in [-0.15, -0.1) is 12.4 Å². The van der Waals surface area contributed by atoms with Crippen molar-refractivity contribution in [3.63, 3.8) is 0 Å². The van der Waals surface area contributed by atoms with Gasteiger partial charge in [0.1, 0.15) is 11.5 Å². The predicted octanol–water partition coefficient (Wildman–Crippen LogP) is 5.77. The van der Waals surface area contributed by atoms with Gasteiger partial charge in [-0.2, -0.15) is 0 Å². The predicted molar refractivity (Wildman–Crippen MR) is 152 cm³/mol. The van der Waals surface area contributed by atoms with E-state index in [-0.39, 0.29) is 41.6 Å². The van der Waals surface area contributed by atoms with E-state index in [2.05, 4.69) is 5.32 Å². The molecule has 3 aromatic rings. The van der Waals surface area contributed by atoms with Gasteiger partial charge in [-0.05, 0) is 101 Å². The summed E-state index contributed by atoms with van der Waals surface area (Å²) in [6, 6.07) is 17.7. The van der Waals surface area contributed by atoms with Gasteiger partial charge in [0.2, 0.25) is 0 Å². The summed E-state index contributed by atoms with van der Waals surface area (Å²) in [5, 5.41) is 14.0. The Balaban J connectivity index is 0.00000533. The topological polar surface area (TPSA) is 103 Å². The highest BCUT2D eigenvalue weighted by Crippen LogP contribution is 2.32. The third-order valence-electron chi connectivity index (χ3n) is 5.39. The molecule has 1 unspecified atom stereocenters. The number of hydrogen-bond acceptors (Lipinski definition) is 8. The van der Waals surface area contributed by atoms with Crippen molar-refractivity contribution in [2.45, 2.75) is 46.3 Å². The smallest absolute Gasteiger partial charge is 0.343 e.